The van der Waals surface area contributed by atoms with E-state index in [0.29, 0.717) is 6.04 Å². The molecule has 1 N–H and O–H groups in total. The number of pyridine rings is 1. The molecule has 0 radical (unpaired) electrons. The van der Waals surface area contributed by atoms with Gasteiger partial charge >= 0.3 is 0 Å². The lowest BCUT2D eigenvalue weighted by atomic mass is 10.00. The Kier molecular flexibility index (Phi) is 8.40. The number of aromatic nitrogens is 1. The molecular formula is C27H34N4O. The summed E-state index contributed by atoms with van der Waals surface area (Å²) in [6.07, 6.45) is 9.87. The van der Waals surface area contributed by atoms with Gasteiger partial charge in [-0.25, -0.2) is 4.98 Å². The van der Waals surface area contributed by atoms with Gasteiger partial charge in [0, 0.05) is 63.9 Å². The van der Waals surface area contributed by atoms with Crippen LogP contribution in [0.2, 0.25) is 0 Å². The molecule has 5 heteroatoms. The molecular weight excluding hydrogens is 396 g/mol. The van der Waals surface area contributed by atoms with Crippen LogP contribution in [0.25, 0.3) is 22.4 Å². The zero-order chi connectivity index (χ0) is 22.9. The quantitative estimate of drug-likeness (QED) is 0.442. The fourth-order valence-electron chi connectivity index (χ4n) is 3.82. The molecule has 0 unspecified atom stereocenters. The number of benzene rings is 1. The van der Waals surface area contributed by atoms with Gasteiger partial charge in [-0.2, -0.15) is 0 Å². The number of hydrogen-bond donors (Lipinski definition) is 1. The third-order valence-corrected chi connectivity index (χ3v) is 5.46. The van der Waals surface area contributed by atoms with E-state index in [1.54, 1.807) is 7.05 Å². The molecule has 1 saturated heterocycles. The standard InChI is InChI=1S/C27H34N4O/c1-6-20(18-28-3)25-11-12-26(30-27(25)29-24-13-15-32-16-14-24)23-10-8-9-22(17-23)21(7-2)19-31(4)5/h6-12,17-19,24H,2,13-16H2,1,3-5H3,(H,29,30)/b20-6+,21-19+,28-18-. The first kappa shape index (κ1) is 23.5. The second-order valence-electron chi connectivity index (χ2n) is 8.09. The van der Waals surface area contributed by atoms with Gasteiger partial charge in [0.05, 0.1) is 5.69 Å². The van der Waals surface area contributed by atoms with Crippen molar-refractivity contribution in [2.45, 2.75) is 25.8 Å². The second-order valence-corrected chi connectivity index (χ2v) is 8.09. The molecule has 2 aromatic rings. The van der Waals surface area contributed by atoms with Gasteiger partial charge in [0.25, 0.3) is 0 Å². The SMILES string of the molecule is C=C/C(=C\N(C)C)c1cccc(-c2ccc(C(/C=N\C)=C/C)c(NC3CCOCC3)n2)c1. The van der Waals surface area contributed by atoms with Crippen LogP contribution in [-0.4, -0.2) is 56.5 Å². The van der Waals surface area contributed by atoms with Crippen molar-refractivity contribution < 1.29 is 4.74 Å². The number of aliphatic imine (C=N–C) groups is 1. The normalized spacial score (nSPS) is 15.8. The van der Waals surface area contributed by atoms with Crippen LogP contribution in [0.3, 0.4) is 0 Å². The first-order chi connectivity index (χ1) is 15.5. The van der Waals surface area contributed by atoms with Crippen molar-refractivity contribution in [3.63, 3.8) is 0 Å². The van der Waals surface area contributed by atoms with Crippen LogP contribution in [0.1, 0.15) is 30.9 Å². The summed E-state index contributed by atoms with van der Waals surface area (Å²) in [5.74, 6) is 0.889. The molecule has 0 aliphatic carbocycles. The fourth-order valence-corrected chi connectivity index (χ4v) is 3.82. The highest BCUT2D eigenvalue weighted by molar-refractivity contribution is 6.11. The molecule has 0 bridgehead atoms. The highest BCUT2D eigenvalue weighted by atomic mass is 16.5. The van der Waals surface area contributed by atoms with Crippen LogP contribution < -0.4 is 5.32 Å². The minimum atomic E-state index is 0.351. The van der Waals surface area contributed by atoms with Crippen molar-refractivity contribution in [3.05, 3.63) is 72.5 Å². The monoisotopic (exact) mass is 430 g/mol. The maximum absolute atomic E-state index is 5.53. The van der Waals surface area contributed by atoms with Gasteiger partial charge in [-0.1, -0.05) is 36.9 Å². The molecule has 1 fully saturated rings. The van der Waals surface area contributed by atoms with Crippen LogP contribution in [0.4, 0.5) is 5.82 Å². The van der Waals surface area contributed by atoms with Crippen molar-refractivity contribution in [2.75, 3.05) is 39.7 Å². The summed E-state index contributed by atoms with van der Waals surface area (Å²) in [4.78, 5) is 11.3. The smallest absolute Gasteiger partial charge is 0.134 e. The van der Waals surface area contributed by atoms with Crippen LogP contribution in [0, 0.1) is 0 Å². The van der Waals surface area contributed by atoms with Gasteiger partial charge in [-0.3, -0.25) is 4.99 Å². The molecule has 168 valence electrons. The lowest BCUT2D eigenvalue weighted by molar-refractivity contribution is 0.0904. The Hall–Kier alpha value is -3.18. The molecule has 0 amide bonds. The van der Waals surface area contributed by atoms with Crippen molar-refractivity contribution >= 4 is 23.2 Å². The number of rotatable bonds is 8. The highest BCUT2D eigenvalue weighted by Crippen LogP contribution is 2.29. The van der Waals surface area contributed by atoms with E-state index in [4.69, 9.17) is 9.72 Å². The molecule has 5 nitrogen and oxygen atoms in total. The predicted octanol–water partition coefficient (Wildman–Crippen LogP) is 5.53. The van der Waals surface area contributed by atoms with Crippen molar-refractivity contribution in [1.29, 1.82) is 0 Å². The summed E-state index contributed by atoms with van der Waals surface area (Å²) in [5.41, 5.74) is 6.30. The van der Waals surface area contributed by atoms with Gasteiger partial charge < -0.3 is 15.0 Å². The average molecular weight is 431 g/mol. The summed E-state index contributed by atoms with van der Waals surface area (Å²) in [5, 5.41) is 3.68. The van der Waals surface area contributed by atoms with E-state index < -0.39 is 0 Å². The van der Waals surface area contributed by atoms with Crippen LogP contribution in [-0.2, 0) is 4.74 Å². The zero-order valence-electron chi connectivity index (χ0n) is 19.6. The molecule has 1 aliphatic rings. The van der Waals surface area contributed by atoms with E-state index in [0.717, 1.165) is 65.4 Å². The topological polar surface area (TPSA) is 49.8 Å². The third-order valence-electron chi connectivity index (χ3n) is 5.46. The first-order valence-electron chi connectivity index (χ1n) is 11.1. The molecule has 0 saturated carbocycles. The predicted molar refractivity (Wildman–Crippen MR) is 137 cm³/mol. The average Bonchev–Trinajstić information content (AvgIpc) is 2.82. The number of allylic oxidation sites excluding steroid dienone is 4. The van der Waals surface area contributed by atoms with Gasteiger partial charge in [-0.05, 0) is 54.7 Å². The number of ether oxygens (including phenoxy) is 1. The summed E-state index contributed by atoms with van der Waals surface area (Å²) < 4.78 is 5.53. The molecule has 0 atom stereocenters. The van der Waals surface area contributed by atoms with Crippen LogP contribution in [0.5, 0.6) is 0 Å². The Morgan fingerprint density at radius 2 is 1.97 bits per heavy atom. The van der Waals surface area contributed by atoms with Crippen LogP contribution >= 0.6 is 0 Å². The highest BCUT2D eigenvalue weighted by Gasteiger charge is 2.18. The molecule has 3 rings (SSSR count). The molecule has 32 heavy (non-hydrogen) atoms. The Balaban J connectivity index is 2.03. The summed E-state index contributed by atoms with van der Waals surface area (Å²) >= 11 is 0. The molecule has 1 aromatic heterocycles. The summed E-state index contributed by atoms with van der Waals surface area (Å²) in [6.45, 7) is 7.57. The number of nitrogens with zero attached hydrogens (tertiary/aromatic N) is 3. The maximum atomic E-state index is 5.53. The lowest BCUT2D eigenvalue weighted by Crippen LogP contribution is -2.28. The molecule has 0 spiro atoms. The minimum absolute atomic E-state index is 0.351. The van der Waals surface area contributed by atoms with Crippen LogP contribution in [0.15, 0.2) is 66.3 Å². The van der Waals surface area contributed by atoms with Gasteiger partial charge in [0.15, 0.2) is 0 Å². The Morgan fingerprint density at radius 3 is 2.62 bits per heavy atom. The number of anilines is 1. The molecule has 2 heterocycles. The number of hydrogen-bond acceptors (Lipinski definition) is 5. The maximum Gasteiger partial charge on any atom is 0.134 e. The third kappa shape index (κ3) is 5.95. The first-order valence-corrected chi connectivity index (χ1v) is 11.1. The van der Waals surface area contributed by atoms with E-state index in [1.165, 1.54) is 0 Å². The van der Waals surface area contributed by atoms with E-state index in [2.05, 4.69) is 65.6 Å². The Labute approximate surface area is 192 Å². The molecule has 1 aliphatic heterocycles. The van der Waals surface area contributed by atoms with E-state index >= 15 is 0 Å². The van der Waals surface area contributed by atoms with E-state index in [-0.39, 0.29) is 0 Å². The summed E-state index contributed by atoms with van der Waals surface area (Å²) in [7, 11) is 5.82. The minimum Gasteiger partial charge on any atom is -0.383 e. The lowest BCUT2D eigenvalue weighted by Gasteiger charge is -2.25. The zero-order valence-corrected chi connectivity index (χ0v) is 19.6. The molecule has 1 aromatic carbocycles. The summed E-state index contributed by atoms with van der Waals surface area (Å²) in [6, 6.07) is 13.0. The fraction of sp³-hybridized carbons (Fsp3) is 0.333. The van der Waals surface area contributed by atoms with Gasteiger partial charge in [0.1, 0.15) is 5.82 Å². The number of nitrogens with one attached hydrogen (secondary N) is 1. The van der Waals surface area contributed by atoms with Crippen molar-refractivity contribution in [1.82, 2.24) is 9.88 Å². The van der Waals surface area contributed by atoms with Gasteiger partial charge in [-0.15, -0.1) is 0 Å². The Bertz CT molecular complexity index is 1010. The van der Waals surface area contributed by atoms with E-state index in [9.17, 15) is 0 Å². The Morgan fingerprint density at radius 1 is 1.19 bits per heavy atom. The largest absolute Gasteiger partial charge is 0.383 e. The second kappa shape index (κ2) is 11.4. The van der Waals surface area contributed by atoms with Gasteiger partial charge in [0.2, 0.25) is 0 Å². The van der Waals surface area contributed by atoms with Crippen molar-refractivity contribution in [3.8, 4) is 11.3 Å². The van der Waals surface area contributed by atoms with Crippen molar-refractivity contribution in [2.24, 2.45) is 4.99 Å². The van der Waals surface area contributed by atoms with E-state index in [1.807, 2.05) is 38.2 Å².